The van der Waals surface area contributed by atoms with Gasteiger partial charge in [0.2, 0.25) is 5.91 Å². The van der Waals surface area contributed by atoms with E-state index in [1.54, 1.807) is 18.2 Å². The third-order valence-electron chi connectivity index (χ3n) is 5.24. The van der Waals surface area contributed by atoms with Gasteiger partial charge < -0.3 is 10.6 Å². The van der Waals surface area contributed by atoms with Crippen LogP contribution in [-0.4, -0.2) is 22.8 Å². The molecule has 2 amide bonds. The van der Waals surface area contributed by atoms with Gasteiger partial charge in [-0.15, -0.1) is 0 Å². The van der Waals surface area contributed by atoms with E-state index >= 15 is 0 Å². The molecule has 0 aliphatic heterocycles. The average molecular weight is 518 g/mol. The molecule has 0 saturated carbocycles. The van der Waals surface area contributed by atoms with Gasteiger partial charge >= 0.3 is 5.00 Å². The highest BCUT2D eigenvalue weighted by Gasteiger charge is 2.35. The van der Waals surface area contributed by atoms with Crippen LogP contribution in [-0.2, 0) is 17.6 Å². The molecule has 1 heterocycles. The van der Waals surface area contributed by atoms with E-state index < -0.39 is 28.7 Å². The summed E-state index contributed by atoms with van der Waals surface area (Å²) in [6, 6.07) is 14.0. The fraction of sp³-hybridized carbons (Fsp3) is 0.182. The first-order chi connectivity index (χ1) is 15.3. The maximum Gasteiger partial charge on any atom is 0.324 e. The molecule has 0 spiro atoms. The number of hydrogen-bond donors (Lipinski definition) is 2. The number of nitro groups is 1. The molecule has 0 unspecified atom stereocenters. The van der Waals surface area contributed by atoms with Gasteiger partial charge in [-0.05, 0) is 51.2 Å². The standard InChI is InChI=1S/C22H17BrFN3O4S/c23-15-7-3-5-13(20(15)24)11-18(28)25-16-10-12-4-1-2-6-14(12)21(16)26-22(29)17-8-9-19(32-17)27(30)31/h1-9,16,21H,10-11H2,(H,25,28)(H,26,29)/t16-,21-/m1/s1. The minimum Gasteiger partial charge on any atom is -0.350 e. The number of rotatable bonds is 6. The molecule has 0 radical (unpaired) electrons. The van der Waals surface area contributed by atoms with Crippen molar-refractivity contribution in [3.05, 3.63) is 96.6 Å². The number of amides is 2. The Morgan fingerprint density at radius 3 is 2.66 bits per heavy atom. The molecular formula is C22H17BrFN3O4S. The van der Waals surface area contributed by atoms with E-state index in [-0.39, 0.29) is 32.2 Å². The molecule has 2 N–H and O–H groups in total. The van der Waals surface area contributed by atoms with Crippen molar-refractivity contribution in [3.8, 4) is 0 Å². The number of fused-ring (bicyclic) bond motifs is 1. The van der Waals surface area contributed by atoms with Gasteiger partial charge in [0.15, 0.2) is 0 Å². The number of carbonyl (C=O) groups excluding carboxylic acids is 2. The topological polar surface area (TPSA) is 101 Å². The maximum atomic E-state index is 14.3. The van der Waals surface area contributed by atoms with Crippen LogP contribution in [0.5, 0.6) is 0 Å². The lowest BCUT2D eigenvalue weighted by molar-refractivity contribution is -0.380. The lowest BCUT2D eigenvalue weighted by atomic mass is 10.1. The first-order valence-corrected chi connectivity index (χ1v) is 11.3. The molecule has 10 heteroatoms. The second kappa shape index (κ2) is 9.17. The number of thiophene rings is 1. The average Bonchev–Trinajstić information content (AvgIpc) is 3.37. The van der Waals surface area contributed by atoms with E-state index in [0.29, 0.717) is 6.42 Å². The van der Waals surface area contributed by atoms with Crippen molar-refractivity contribution in [1.29, 1.82) is 0 Å². The summed E-state index contributed by atoms with van der Waals surface area (Å²) < 4.78 is 14.5. The second-order valence-corrected chi connectivity index (χ2v) is 9.23. The van der Waals surface area contributed by atoms with E-state index in [9.17, 15) is 24.1 Å². The molecule has 1 aromatic heterocycles. The fourth-order valence-corrected chi connectivity index (χ4v) is 4.91. The highest BCUT2D eigenvalue weighted by Crippen LogP contribution is 2.33. The molecule has 1 aliphatic rings. The molecule has 2 aromatic carbocycles. The molecule has 0 bridgehead atoms. The summed E-state index contributed by atoms with van der Waals surface area (Å²) in [6.45, 7) is 0. The summed E-state index contributed by atoms with van der Waals surface area (Å²) in [5.74, 6) is -1.31. The number of nitrogens with zero attached hydrogens (tertiary/aromatic N) is 1. The zero-order chi connectivity index (χ0) is 22.8. The molecule has 2 atom stereocenters. The van der Waals surface area contributed by atoms with E-state index in [1.165, 1.54) is 12.1 Å². The van der Waals surface area contributed by atoms with Crippen molar-refractivity contribution in [3.63, 3.8) is 0 Å². The highest BCUT2D eigenvalue weighted by molar-refractivity contribution is 9.10. The van der Waals surface area contributed by atoms with Crippen LogP contribution in [0.3, 0.4) is 0 Å². The van der Waals surface area contributed by atoms with Gasteiger partial charge in [-0.25, -0.2) is 4.39 Å². The molecule has 164 valence electrons. The molecule has 1 aliphatic carbocycles. The normalized spacial score (nSPS) is 16.9. The van der Waals surface area contributed by atoms with E-state index in [4.69, 9.17) is 0 Å². The van der Waals surface area contributed by atoms with Crippen LogP contribution >= 0.6 is 27.3 Å². The number of halogens is 2. The quantitative estimate of drug-likeness (QED) is 0.375. The van der Waals surface area contributed by atoms with Crippen LogP contribution in [0.2, 0.25) is 0 Å². The van der Waals surface area contributed by atoms with Gasteiger partial charge in [-0.2, -0.15) is 0 Å². The minimum absolute atomic E-state index is 0.122. The number of benzene rings is 2. The summed E-state index contributed by atoms with van der Waals surface area (Å²) in [5.41, 5.74) is 2.11. The van der Waals surface area contributed by atoms with Crippen molar-refractivity contribution in [1.82, 2.24) is 10.6 Å². The summed E-state index contributed by atoms with van der Waals surface area (Å²) >= 11 is 3.91. The lowest BCUT2D eigenvalue weighted by Gasteiger charge is -2.23. The van der Waals surface area contributed by atoms with Crippen molar-refractivity contribution >= 4 is 44.1 Å². The zero-order valence-electron chi connectivity index (χ0n) is 16.5. The Hall–Kier alpha value is -3.11. The molecule has 3 aromatic rings. The van der Waals surface area contributed by atoms with Crippen molar-refractivity contribution in [2.75, 3.05) is 0 Å². The van der Waals surface area contributed by atoms with Crippen LogP contribution < -0.4 is 10.6 Å². The Kier molecular flexibility index (Phi) is 6.33. The summed E-state index contributed by atoms with van der Waals surface area (Å²) in [5, 5.41) is 16.6. The Morgan fingerprint density at radius 2 is 1.91 bits per heavy atom. The third kappa shape index (κ3) is 4.56. The number of nitrogens with one attached hydrogen (secondary N) is 2. The molecule has 0 fully saturated rings. The molecule has 7 nitrogen and oxygen atoms in total. The monoisotopic (exact) mass is 517 g/mol. The van der Waals surface area contributed by atoms with Gasteiger partial charge in [0.1, 0.15) is 5.82 Å². The molecule has 4 rings (SSSR count). The van der Waals surface area contributed by atoms with E-state index in [1.807, 2.05) is 24.3 Å². The summed E-state index contributed by atoms with van der Waals surface area (Å²) in [7, 11) is 0. The van der Waals surface area contributed by atoms with Gasteiger partial charge in [-0.3, -0.25) is 19.7 Å². The Morgan fingerprint density at radius 1 is 1.12 bits per heavy atom. The Balaban J connectivity index is 1.51. The van der Waals surface area contributed by atoms with Crippen molar-refractivity contribution in [2.24, 2.45) is 0 Å². The van der Waals surface area contributed by atoms with Crippen LogP contribution in [0.1, 0.15) is 32.4 Å². The largest absolute Gasteiger partial charge is 0.350 e. The Labute approximate surface area is 194 Å². The summed E-state index contributed by atoms with van der Waals surface area (Å²) in [4.78, 5) is 36.0. The third-order valence-corrected chi connectivity index (χ3v) is 6.89. The first-order valence-electron chi connectivity index (χ1n) is 9.68. The molecular weight excluding hydrogens is 501 g/mol. The van der Waals surface area contributed by atoms with Crippen LogP contribution in [0.25, 0.3) is 0 Å². The maximum absolute atomic E-state index is 14.3. The van der Waals surface area contributed by atoms with Crippen LogP contribution in [0.15, 0.2) is 59.1 Å². The van der Waals surface area contributed by atoms with E-state index in [0.717, 1.165) is 22.5 Å². The van der Waals surface area contributed by atoms with Crippen LogP contribution in [0.4, 0.5) is 9.39 Å². The van der Waals surface area contributed by atoms with Gasteiger partial charge in [0, 0.05) is 6.07 Å². The SMILES string of the molecule is O=C(Cc1cccc(Br)c1F)N[C@@H]1Cc2ccccc2[C@H]1NC(=O)c1ccc([N+](=O)[O-])s1. The minimum atomic E-state index is -0.545. The molecule has 32 heavy (non-hydrogen) atoms. The van der Waals surface area contributed by atoms with Crippen LogP contribution in [0, 0.1) is 15.9 Å². The lowest BCUT2D eigenvalue weighted by Crippen LogP contribution is -2.44. The number of hydrogen-bond acceptors (Lipinski definition) is 5. The molecule has 0 saturated heterocycles. The smallest absolute Gasteiger partial charge is 0.324 e. The van der Waals surface area contributed by atoms with Gasteiger partial charge in [0.05, 0.1) is 32.8 Å². The second-order valence-electron chi connectivity index (χ2n) is 7.31. The number of carbonyl (C=O) groups is 2. The van der Waals surface area contributed by atoms with E-state index in [2.05, 4.69) is 26.6 Å². The van der Waals surface area contributed by atoms with Crippen molar-refractivity contribution < 1.29 is 18.9 Å². The predicted octanol–water partition coefficient (Wildman–Crippen LogP) is 4.31. The Bertz CT molecular complexity index is 1220. The van der Waals surface area contributed by atoms with Gasteiger partial charge in [0.25, 0.3) is 5.91 Å². The predicted molar refractivity (Wildman–Crippen MR) is 121 cm³/mol. The highest BCUT2D eigenvalue weighted by atomic mass is 79.9. The summed E-state index contributed by atoms with van der Waals surface area (Å²) in [6.07, 6.45) is 0.355. The van der Waals surface area contributed by atoms with Crippen molar-refractivity contribution in [2.45, 2.75) is 24.9 Å². The van der Waals surface area contributed by atoms with Gasteiger partial charge in [-0.1, -0.05) is 47.7 Å². The first kappa shape index (κ1) is 22.1. The zero-order valence-corrected chi connectivity index (χ0v) is 18.9. The fourth-order valence-electron chi connectivity index (χ4n) is 3.78.